The summed E-state index contributed by atoms with van der Waals surface area (Å²) in [6.07, 6.45) is -0.564. The molecule has 3 N–H and O–H groups in total. The molecule has 2 nitrogen and oxygen atoms in total. The van der Waals surface area contributed by atoms with Gasteiger partial charge in [0.05, 0.1) is 6.10 Å². The van der Waals surface area contributed by atoms with Crippen LogP contribution >= 0.6 is 11.6 Å². The van der Waals surface area contributed by atoms with Crippen molar-refractivity contribution in [3.63, 3.8) is 0 Å². The molecule has 0 aliphatic heterocycles. The largest absolute Gasteiger partial charge is 0.399 e. The van der Waals surface area contributed by atoms with E-state index in [4.69, 9.17) is 17.3 Å². The van der Waals surface area contributed by atoms with Crippen LogP contribution in [0.4, 0.5) is 5.69 Å². The number of nitrogens with two attached hydrogens (primary N) is 1. The van der Waals surface area contributed by atoms with Crippen LogP contribution in [0.2, 0.25) is 5.02 Å². The van der Waals surface area contributed by atoms with Gasteiger partial charge in [0, 0.05) is 16.3 Å². The van der Waals surface area contributed by atoms with E-state index in [1.807, 2.05) is 0 Å². The van der Waals surface area contributed by atoms with E-state index in [2.05, 4.69) is 0 Å². The first-order valence-electron chi connectivity index (χ1n) is 3.34. The van der Waals surface area contributed by atoms with Crippen LogP contribution < -0.4 is 5.73 Å². The average molecular weight is 172 g/mol. The van der Waals surface area contributed by atoms with E-state index in [1.54, 1.807) is 25.1 Å². The number of aliphatic hydroxyl groups excluding tert-OH is 1. The summed E-state index contributed by atoms with van der Waals surface area (Å²) in [6.45, 7) is 1.65. The summed E-state index contributed by atoms with van der Waals surface area (Å²) < 4.78 is 0. The van der Waals surface area contributed by atoms with Gasteiger partial charge in [-0.2, -0.15) is 0 Å². The van der Waals surface area contributed by atoms with Crippen LogP contribution in [0.25, 0.3) is 0 Å². The van der Waals surface area contributed by atoms with Gasteiger partial charge in [0.15, 0.2) is 0 Å². The fourth-order valence-corrected chi connectivity index (χ4v) is 1.16. The second-order valence-electron chi connectivity index (χ2n) is 2.46. The molecule has 0 saturated carbocycles. The summed E-state index contributed by atoms with van der Waals surface area (Å²) in [6, 6.07) is 5.06. The minimum absolute atomic E-state index is 0.550. The Hall–Kier alpha value is -0.730. The number of anilines is 1. The van der Waals surface area contributed by atoms with Crippen LogP contribution in [-0.2, 0) is 0 Å². The van der Waals surface area contributed by atoms with Gasteiger partial charge >= 0.3 is 0 Å². The predicted molar refractivity (Wildman–Crippen MR) is 46.5 cm³/mol. The smallest absolute Gasteiger partial charge is 0.0777 e. The van der Waals surface area contributed by atoms with E-state index < -0.39 is 6.10 Å². The van der Waals surface area contributed by atoms with Crippen molar-refractivity contribution >= 4 is 17.3 Å². The van der Waals surface area contributed by atoms with Crippen LogP contribution in [0.5, 0.6) is 0 Å². The van der Waals surface area contributed by atoms with E-state index in [9.17, 15) is 5.11 Å². The first-order chi connectivity index (χ1) is 5.11. The van der Waals surface area contributed by atoms with E-state index in [0.717, 1.165) is 0 Å². The molecule has 0 aliphatic rings. The zero-order valence-electron chi connectivity index (χ0n) is 6.21. The number of rotatable bonds is 1. The lowest BCUT2D eigenvalue weighted by Gasteiger charge is -2.07. The van der Waals surface area contributed by atoms with Gasteiger partial charge in [0.1, 0.15) is 0 Å². The fraction of sp³-hybridized carbons (Fsp3) is 0.250. The number of hydrogen-bond donors (Lipinski definition) is 2. The van der Waals surface area contributed by atoms with Gasteiger partial charge in [0.2, 0.25) is 0 Å². The maximum absolute atomic E-state index is 9.19. The molecule has 3 heteroatoms. The predicted octanol–water partition coefficient (Wildman–Crippen LogP) is 1.98. The topological polar surface area (TPSA) is 46.2 Å². The molecular weight excluding hydrogens is 162 g/mol. The highest BCUT2D eigenvalue weighted by Crippen LogP contribution is 2.24. The molecule has 0 spiro atoms. The lowest BCUT2D eigenvalue weighted by molar-refractivity contribution is 0.199. The zero-order chi connectivity index (χ0) is 8.43. The summed E-state index contributed by atoms with van der Waals surface area (Å²) in [5.41, 5.74) is 6.78. The van der Waals surface area contributed by atoms with Crippen LogP contribution in [0.15, 0.2) is 18.2 Å². The van der Waals surface area contributed by atoms with Crippen LogP contribution in [-0.4, -0.2) is 5.11 Å². The second-order valence-corrected chi connectivity index (χ2v) is 2.86. The molecule has 60 valence electrons. The molecule has 11 heavy (non-hydrogen) atoms. The molecule has 0 aromatic heterocycles. The molecule has 1 atom stereocenters. The first kappa shape index (κ1) is 8.37. The Morgan fingerprint density at radius 3 is 2.64 bits per heavy atom. The Kier molecular flexibility index (Phi) is 2.37. The van der Waals surface area contributed by atoms with Gasteiger partial charge in [-0.3, -0.25) is 0 Å². The number of benzene rings is 1. The van der Waals surface area contributed by atoms with Crippen molar-refractivity contribution < 1.29 is 5.11 Å². The van der Waals surface area contributed by atoms with Crippen molar-refractivity contribution in [1.29, 1.82) is 0 Å². The Morgan fingerprint density at radius 2 is 2.18 bits per heavy atom. The molecule has 0 heterocycles. The van der Waals surface area contributed by atoms with Crippen molar-refractivity contribution in [2.75, 3.05) is 5.73 Å². The molecular formula is C8H10ClNO. The Labute approximate surface area is 70.6 Å². The second kappa shape index (κ2) is 3.11. The van der Waals surface area contributed by atoms with Gasteiger partial charge in [0.25, 0.3) is 0 Å². The minimum Gasteiger partial charge on any atom is -0.399 e. The fourth-order valence-electron chi connectivity index (χ4n) is 0.882. The third kappa shape index (κ3) is 1.85. The number of hydrogen-bond acceptors (Lipinski definition) is 2. The maximum Gasteiger partial charge on any atom is 0.0777 e. The highest BCUT2D eigenvalue weighted by atomic mass is 35.5. The molecule has 0 bridgehead atoms. The van der Waals surface area contributed by atoms with Gasteiger partial charge in [-0.05, 0) is 25.1 Å². The molecule has 1 rings (SSSR count). The normalized spacial score (nSPS) is 13.0. The van der Waals surface area contributed by atoms with Crippen molar-refractivity contribution in [3.05, 3.63) is 28.8 Å². The van der Waals surface area contributed by atoms with Gasteiger partial charge in [-0.1, -0.05) is 11.6 Å². The van der Waals surface area contributed by atoms with Gasteiger partial charge in [-0.25, -0.2) is 0 Å². The molecule has 1 unspecified atom stereocenters. The molecule has 0 radical (unpaired) electrons. The standard InChI is InChI=1S/C8H10ClNO/c1-5(11)7-4-6(10)2-3-8(7)9/h2-5,11H,10H2,1H3. The SMILES string of the molecule is CC(O)c1cc(N)ccc1Cl. The maximum atomic E-state index is 9.19. The molecule has 1 aromatic rings. The van der Waals surface area contributed by atoms with Crippen molar-refractivity contribution in [3.8, 4) is 0 Å². The van der Waals surface area contributed by atoms with Crippen LogP contribution in [0.1, 0.15) is 18.6 Å². The Morgan fingerprint density at radius 1 is 1.55 bits per heavy atom. The summed E-state index contributed by atoms with van der Waals surface area (Å²) in [4.78, 5) is 0. The van der Waals surface area contributed by atoms with Crippen molar-refractivity contribution in [2.45, 2.75) is 13.0 Å². The number of aliphatic hydroxyl groups is 1. The van der Waals surface area contributed by atoms with Crippen molar-refractivity contribution in [2.24, 2.45) is 0 Å². The number of nitrogen functional groups attached to an aromatic ring is 1. The van der Waals surface area contributed by atoms with Gasteiger partial charge < -0.3 is 10.8 Å². The zero-order valence-corrected chi connectivity index (χ0v) is 6.97. The number of halogens is 1. The molecule has 0 fully saturated rings. The summed E-state index contributed by atoms with van der Waals surface area (Å²) in [7, 11) is 0. The highest BCUT2D eigenvalue weighted by Gasteiger charge is 2.05. The average Bonchev–Trinajstić information content (AvgIpc) is 1.94. The third-order valence-corrected chi connectivity index (χ3v) is 1.81. The minimum atomic E-state index is -0.564. The summed E-state index contributed by atoms with van der Waals surface area (Å²) >= 11 is 5.78. The van der Waals surface area contributed by atoms with E-state index in [0.29, 0.717) is 16.3 Å². The Balaban J connectivity index is 3.13. The van der Waals surface area contributed by atoms with E-state index in [1.165, 1.54) is 0 Å². The Bertz CT molecular complexity index is 260. The van der Waals surface area contributed by atoms with Crippen molar-refractivity contribution in [1.82, 2.24) is 0 Å². The van der Waals surface area contributed by atoms with E-state index >= 15 is 0 Å². The third-order valence-electron chi connectivity index (χ3n) is 1.47. The highest BCUT2D eigenvalue weighted by molar-refractivity contribution is 6.31. The van der Waals surface area contributed by atoms with Gasteiger partial charge in [-0.15, -0.1) is 0 Å². The first-order valence-corrected chi connectivity index (χ1v) is 3.72. The quantitative estimate of drug-likeness (QED) is 0.635. The van der Waals surface area contributed by atoms with E-state index in [-0.39, 0.29) is 0 Å². The molecule has 0 saturated heterocycles. The lowest BCUT2D eigenvalue weighted by atomic mass is 10.1. The monoisotopic (exact) mass is 171 g/mol. The molecule has 0 amide bonds. The lowest BCUT2D eigenvalue weighted by Crippen LogP contribution is -1.94. The molecule has 0 aliphatic carbocycles. The van der Waals surface area contributed by atoms with Crippen LogP contribution in [0.3, 0.4) is 0 Å². The molecule has 1 aromatic carbocycles. The van der Waals surface area contributed by atoms with Crippen LogP contribution in [0, 0.1) is 0 Å². The summed E-state index contributed by atoms with van der Waals surface area (Å²) in [5, 5.41) is 9.74. The summed E-state index contributed by atoms with van der Waals surface area (Å²) in [5.74, 6) is 0.